The zero-order valence-electron chi connectivity index (χ0n) is 5.22. The summed E-state index contributed by atoms with van der Waals surface area (Å²) in [6.07, 6.45) is 0. The van der Waals surface area contributed by atoms with E-state index >= 15 is 0 Å². The number of hydrogen-bond donors (Lipinski definition) is 1. The van der Waals surface area contributed by atoms with Crippen LogP contribution in [0.1, 0.15) is 0 Å². The molecule has 42 valence electrons. The molecule has 0 spiro atoms. The smallest absolute Gasteiger partial charge is 0.512 e. The monoisotopic (exact) mass is 141 g/mol. The van der Waals surface area contributed by atoms with E-state index in [0.717, 1.165) is 0 Å². The zero-order valence-corrected chi connectivity index (χ0v) is 8.34. The summed E-state index contributed by atoms with van der Waals surface area (Å²) < 4.78 is 4.44. The summed E-state index contributed by atoms with van der Waals surface area (Å²) in [6, 6.07) is 0. The molecule has 0 bridgehead atoms. The predicted molar refractivity (Wildman–Crippen MR) is 23.9 cm³/mol. The van der Waals surface area contributed by atoms with Gasteiger partial charge in [-0.25, -0.2) is 0 Å². The second-order valence-corrected chi connectivity index (χ2v) is 0.716. The van der Waals surface area contributed by atoms with Crippen molar-refractivity contribution in [3.8, 4) is 0 Å². The number of methoxy groups -OCH3 is 1. The van der Waals surface area contributed by atoms with Gasteiger partial charge in [0.1, 0.15) is 0 Å². The van der Waals surface area contributed by atoms with Gasteiger partial charge in [0.2, 0.25) is 0 Å². The van der Waals surface area contributed by atoms with Gasteiger partial charge in [-0.15, -0.1) is 0 Å². The Morgan fingerprint density at radius 3 is 2.00 bits per heavy atom. The molecule has 1 N–H and O–H groups in total. The van der Waals surface area contributed by atoms with Gasteiger partial charge in [-0.3, -0.25) is 0 Å². The van der Waals surface area contributed by atoms with Gasteiger partial charge in [0.05, 0.1) is 13.2 Å². The summed E-state index contributed by atoms with van der Waals surface area (Å²) in [5.74, 6) is 0. The van der Waals surface area contributed by atoms with E-state index in [1.807, 2.05) is 0 Å². The van der Waals surface area contributed by atoms with Crippen molar-refractivity contribution in [2.45, 2.75) is 0 Å². The largest absolute Gasteiger partial charge is 1.00 e. The molecule has 0 amide bonds. The standard InChI is InChI=1S/C3H8O2.CN.K/c1-5-3-2-4;1-2;/h4H,2-3H2,1H3;;/q;-1;+1. The third kappa shape index (κ3) is 27.8. The zero-order chi connectivity index (χ0) is 6.12. The summed E-state index contributed by atoms with van der Waals surface area (Å²) in [5.41, 5.74) is 0. The maximum Gasteiger partial charge on any atom is 1.00 e. The third-order valence-electron chi connectivity index (χ3n) is 0.295. The average Bonchev–Trinajstić information content (AvgIpc) is 1.75. The van der Waals surface area contributed by atoms with Crippen molar-refractivity contribution in [2.75, 3.05) is 20.3 Å². The van der Waals surface area contributed by atoms with Crippen LogP contribution in [0.5, 0.6) is 0 Å². The summed E-state index contributed by atoms with van der Waals surface area (Å²) >= 11 is 0. The first kappa shape index (κ1) is 16.0. The molecule has 0 saturated heterocycles. The van der Waals surface area contributed by atoms with Gasteiger partial charge in [0.25, 0.3) is 0 Å². The molecule has 8 heavy (non-hydrogen) atoms. The Morgan fingerprint density at radius 1 is 1.62 bits per heavy atom. The Bertz CT molecular complexity index is 38.3. The van der Waals surface area contributed by atoms with E-state index in [9.17, 15) is 0 Å². The van der Waals surface area contributed by atoms with Crippen LogP contribution in [0.15, 0.2) is 0 Å². The maximum absolute atomic E-state index is 7.94. The molecule has 0 fully saturated rings. The predicted octanol–water partition coefficient (Wildman–Crippen LogP) is -3.27. The van der Waals surface area contributed by atoms with Crippen LogP contribution in [0.2, 0.25) is 0 Å². The fourth-order valence-corrected chi connectivity index (χ4v) is 0.0913. The van der Waals surface area contributed by atoms with E-state index in [-0.39, 0.29) is 58.0 Å². The first-order valence-corrected chi connectivity index (χ1v) is 1.74. The maximum atomic E-state index is 7.94. The Kier molecular flexibility index (Phi) is 48.9. The van der Waals surface area contributed by atoms with E-state index < -0.39 is 0 Å². The molecular weight excluding hydrogens is 133 g/mol. The second-order valence-electron chi connectivity index (χ2n) is 0.716. The van der Waals surface area contributed by atoms with Gasteiger partial charge in [-0.05, 0) is 0 Å². The summed E-state index contributed by atoms with van der Waals surface area (Å²) in [6.45, 7) is 5.32. The number of hydrogen-bond acceptors (Lipinski definition) is 3. The molecule has 4 heteroatoms. The van der Waals surface area contributed by atoms with Crippen molar-refractivity contribution >= 4 is 0 Å². The van der Waals surface area contributed by atoms with E-state index in [4.69, 9.17) is 16.9 Å². The summed E-state index contributed by atoms with van der Waals surface area (Å²) in [5, 5.41) is 14.2. The Morgan fingerprint density at radius 2 is 2.00 bits per heavy atom. The fourth-order valence-electron chi connectivity index (χ4n) is 0.0913. The van der Waals surface area contributed by atoms with Crippen molar-refractivity contribution < 1.29 is 61.2 Å². The van der Waals surface area contributed by atoms with E-state index in [2.05, 4.69) is 4.74 Å². The van der Waals surface area contributed by atoms with Crippen LogP contribution >= 0.6 is 0 Å². The van der Waals surface area contributed by atoms with E-state index in [1.54, 1.807) is 7.11 Å². The minimum atomic E-state index is 0. The van der Waals surface area contributed by atoms with Crippen LogP contribution in [-0.4, -0.2) is 25.4 Å². The first-order valence-electron chi connectivity index (χ1n) is 1.74. The number of nitrogens with zero attached hydrogens (tertiary/aromatic N) is 1. The van der Waals surface area contributed by atoms with Crippen LogP contribution in [0.25, 0.3) is 0 Å². The number of rotatable bonds is 2. The van der Waals surface area contributed by atoms with Crippen molar-refractivity contribution in [2.24, 2.45) is 0 Å². The first-order chi connectivity index (χ1) is 3.41. The number of aliphatic hydroxyl groups is 1. The summed E-state index contributed by atoms with van der Waals surface area (Å²) in [4.78, 5) is 0. The van der Waals surface area contributed by atoms with Crippen molar-refractivity contribution in [1.29, 1.82) is 5.26 Å². The second kappa shape index (κ2) is 24.4. The van der Waals surface area contributed by atoms with Crippen LogP contribution in [0.4, 0.5) is 0 Å². The molecule has 0 aromatic carbocycles. The molecule has 0 rings (SSSR count). The molecule has 0 aliphatic carbocycles. The van der Waals surface area contributed by atoms with Crippen LogP contribution in [0, 0.1) is 11.8 Å². The molecule has 0 radical (unpaired) electrons. The minimum Gasteiger partial charge on any atom is -0.512 e. The molecule has 0 aromatic rings. The van der Waals surface area contributed by atoms with Gasteiger partial charge in [0, 0.05) is 7.11 Å². The van der Waals surface area contributed by atoms with E-state index in [1.165, 1.54) is 0 Å². The van der Waals surface area contributed by atoms with Crippen LogP contribution in [0.3, 0.4) is 0 Å². The van der Waals surface area contributed by atoms with Crippen LogP contribution < -0.4 is 51.4 Å². The fraction of sp³-hybridized carbons (Fsp3) is 0.750. The SMILES string of the molecule is COCCO.[C-]#N.[K+]. The quantitative estimate of drug-likeness (QED) is 0.324. The molecule has 0 aromatic heterocycles. The Balaban J connectivity index is -0.0000000750. The molecular formula is C4H8KNO2. The molecule has 3 nitrogen and oxygen atoms in total. The average molecular weight is 141 g/mol. The molecule has 0 aliphatic heterocycles. The molecule has 0 aliphatic rings. The molecule has 0 saturated carbocycles. The third-order valence-corrected chi connectivity index (χ3v) is 0.295. The topological polar surface area (TPSA) is 53.2 Å². The van der Waals surface area contributed by atoms with Gasteiger partial charge in [0.15, 0.2) is 0 Å². The number of aliphatic hydroxyl groups excluding tert-OH is 1. The van der Waals surface area contributed by atoms with Gasteiger partial charge < -0.3 is 21.7 Å². The molecule has 0 heterocycles. The van der Waals surface area contributed by atoms with Gasteiger partial charge in [-0.1, -0.05) is 0 Å². The van der Waals surface area contributed by atoms with Crippen molar-refractivity contribution in [3.05, 3.63) is 6.57 Å². The Labute approximate surface area is 92.1 Å². The Hall–Kier alpha value is 1.05. The molecule has 0 unspecified atom stereocenters. The van der Waals surface area contributed by atoms with Crippen molar-refractivity contribution in [3.63, 3.8) is 0 Å². The molecule has 0 atom stereocenters. The van der Waals surface area contributed by atoms with Gasteiger partial charge >= 0.3 is 51.4 Å². The van der Waals surface area contributed by atoms with Gasteiger partial charge in [-0.2, -0.15) is 0 Å². The summed E-state index contributed by atoms with van der Waals surface area (Å²) in [7, 11) is 1.55. The van der Waals surface area contributed by atoms with E-state index in [0.29, 0.717) is 6.61 Å². The normalized spacial score (nSPS) is 5.50. The van der Waals surface area contributed by atoms with Crippen LogP contribution in [-0.2, 0) is 4.74 Å². The van der Waals surface area contributed by atoms with Crippen molar-refractivity contribution in [1.82, 2.24) is 0 Å². The minimum absolute atomic E-state index is 0. The number of ether oxygens (including phenoxy) is 1.